The predicted octanol–water partition coefficient (Wildman–Crippen LogP) is 1.88. The number of fused-ring (bicyclic) bond motifs is 1. The van der Waals surface area contributed by atoms with Crippen LogP contribution in [0.15, 0.2) is 18.2 Å². The van der Waals surface area contributed by atoms with Gasteiger partial charge in [0.2, 0.25) is 0 Å². The van der Waals surface area contributed by atoms with Gasteiger partial charge in [-0.2, -0.15) is 0 Å². The maximum absolute atomic E-state index is 12.4. The Kier molecular flexibility index (Phi) is 3.98. The molecule has 22 heavy (non-hydrogen) atoms. The number of nitro groups is 1. The molecule has 2 unspecified atom stereocenters. The number of carbonyl (C=O) groups excluding carboxylic acids is 1. The fourth-order valence-corrected chi connectivity index (χ4v) is 2.89. The number of ether oxygens (including phenoxy) is 2. The lowest BCUT2D eigenvalue weighted by Gasteiger charge is -2.24. The SMILES string of the molecule is CC1Oc2ccc([N+](=O)[O-])cc2CN(CC2CCCO2)C1=O. The highest BCUT2D eigenvalue weighted by atomic mass is 16.6. The first kappa shape index (κ1) is 14.8. The molecule has 0 spiro atoms. The molecule has 2 heterocycles. The predicted molar refractivity (Wildman–Crippen MR) is 77.6 cm³/mol. The second kappa shape index (κ2) is 5.92. The van der Waals surface area contributed by atoms with Crippen LogP contribution in [0.5, 0.6) is 5.75 Å². The third-order valence-electron chi connectivity index (χ3n) is 4.03. The second-order valence-electron chi connectivity index (χ2n) is 5.66. The number of non-ortho nitro benzene ring substituents is 1. The maximum atomic E-state index is 12.4. The number of nitrogens with zero attached hydrogens (tertiary/aromatic N) is 2. The largest absolute Gasteiger partial charge is 0.481 e. The Morgan fingerprint density at radius 2 is 2.27 bits per heavy atom. The number of amides is 1. The molecule has 0 bridgehead atoms. The summed E-state index contributed by atoms with van der Waals surface area (Å²) in [5.41, 5.74) is 0.659. The molecule has 0 saturated carbocycles. The first-order valence-electron chi connectivity index (χ1n) is 7.39. The Morgan fingerprint density at radius 1 is 1.45 bits per heavy atom. The normalized spacial score (nSPS) is 24.6. The fourth-order valence-electron chi connectivity index (χ4n) is 2.89. The minimum atomic E-state index is -0.607. The molecule has 7 heteroatoms. The van der Waals surface area contributed by atoms with Crippen LogP contribution in [0.1, 0.15) is 25.3 Å². The summed E-state index contributed by atoms with van der Waals surface area (Å²) in [5, 5.41) is 10.9. The monoisotopic (exact) mass is 306 g/mol. The van der Waals surface area contributed by atoms with Crippen LogP contribution in [-0.4, -0.2) is 41.1 Å². The van der Waals surface area contributed by atoms with Crippen molar-refractivity contribution < 1.29 is 19.2 Å². The lowest BCUT2D eigenvalue weighted by atomic mass is 10.1. The Hall–Kier alpha value is -2.15. The number of hydrogen-bond donors (Lipinski definition) is 0. The van der Waals surface area contributed by atoms with E-state index in [1.807, 2.05) is 0 Å². The zero-order chi connectivity index (χ0) is 15.7. The zero-order valence-electron chi connectivity index (χ0n) is 12.4. The highest BCUT2D eigenvalue weighted by molar-refractivity contribution is 5.81. The van der Waals surface area contributed by atoms with Gasteiger partial charge in [-0.1, -0.05) is 0 Å². The molecule has 2 aliphatic rings. The molecular weight excluding hydrogens is 288 g/mol. The summed E-state index contributed by atoms with van der Waals surface area (Å²) in [6, 6.07) is 4.43. The van der Waals surface area contributed by atoms with Crippen LogP contribution in [0, 0.1) is 10.1 Å². The third-order valence-corrected chi connectivity index (χ3v) is 4.03. The molecule has 1 aromatic rings. The van der Waals surface area contributed by atoms with Gasteiger partial charge in [0.25, 0.3) is 11.6 Å². The first-order valence-corrected chi connectivity index (χ1v) is 7.39. The van der Waals surface area contributed by atoms with Crippen molar-refractivity contribution in [2.75, 3.05) is 13.2 Å². The Morgan fingerprint density at radius 3 is 2.95 bits per heavy atom. The van der Waals surface area contributed by atoms with Crippen molar-refractivity contribution in [2.24, 2.45) is 0 Å². The quantitative estimate of drug-likeness (QED) is 0.629. The van der Waals surface area contributed by atoms with Crippen LogP contribution >= 0.6 is 0 Å². The molecule has 7 nitrogen and oxygen atoms in total. The van der Waals surface area contributed by atoms with E-state index in [9.17, 15) is 14.9 Å². The van der Waals surface area contributed by atoms with Crippen LogP contribution in [0.3, 0.4) is 0 Å². The van der Waals surface area contributed by atoms with E-state index < -0.39 is 11.0 Å². The minimum Gasteiger partial charge on any atom is -0.481 e. The van der Waals surface area contributed by atoms with E-state index in [1.54, 1.807) is 17.9 Å². The van der Waals surface area contributed by atoms with Crippen LogP contribution in [0.25, 0.3) is 0 Å². The van der Waals surface area contributed by atoms with Gasteiger partial charge < -0.3 is 14.4 Å². The number of hydrogen-bond acceptors (Lipinski definition) is 5. The Labute approximate surface area is 128 Å². The number of nitro benzene ring substituents is 1. The topological polar surface area (TPSA) is 81.9 Å². The molecule has 0 aromatic heterocycles. The first-order chi connectivity index (χ1) is 10.5. The molecule has 0 radical (unpaired) electrons. The highest BCUT2D eigenvalue weighted by Crippen LogP contribution is 2.30. The lowest BCUT2D eigenvalue weighted by Crippen LogP contribution is -2.41. The van der Waals surface area contributed by atoms with E-state index in [2.05, 4.69) is 0 Å². The van der Waals surface area contributed by atoms with E-state index in [0.29, 0.717) is 24.4 Å². The van der Waals surface area contributed by atoms with Gasteiger partial charge in [0.1, 0.15) is 5.75 Å². The number of rotatable bonds is 3. The van der Waals surface area contributed by atoms with E-state index in [-0.39, 0.29) is 17.7 Å². The Bertz CT molecular complexity index is 598. The summed E-state index contributed by atoms with van der Waals surface area (Å²) in [4.78, 5) is 24.6. The minimum absolute atomic E-state index is 0.00131. The summed E-state index contributed by atoms with van der Waals surface area (Å²) in [6.07, 6.45) is 1.36. The maximum Gasteiger partial charge on any atom is 0.270 e. The van der Waals surface area contributed by atoms with E-state index >= 15 is 0 Å². The smallest absolute Gasteiger partial charge is 0.270 e. The van der Waals surface area contributed by atoms with Gasteiger partial charge in [-0.05, 0) is 25.8 Å². The number of carbonyl (C=O) groups is 1. The average molecular weight is 306 g/mol. The van der Waals surface area contributed by atoms with Crippen molar-refractivity contribution in [1.29, 1.82) is 0 Å². The molecule has 1 fully saturated rings. The molecule has 0 aliphatic carbocycles. The van der Waals surface area contributed by atoms with E-state index in [1.165, 1.54) is 12.1 Å². The molecule has 1 amide bonds. The molecule has 2 aliphatic heterocycles. The van der Waals surface area contributed by atoms with Crippen LogP contribution in [0.2, 0.25) is 0 Å². The molecule has 1 aromatic carbocycles. The summed E-state index contributed by atoms with van der Waals surface area (Å²) >= 11 is 0. The van der Waals surface area contributed by atoms with Crippen LogP contribution in [0.4, 0.5) is 5.69 Å². The highest BCUT2D eigenvalue weighted by Gasteiger charge is 2.31. The van der Waals surface area contributed by atoms with Gasteiger partial charge in [-0.3, -0.25) is 14.9 Å². The molecule has 3 rings (SSSR count). The van der Waals surface area contributed by atoms with Crippen molar-refractivity contribution in [3.63, 3.8) is 0 Å². The van der Waals surface area contributed by atoms with Gasteiger partial charge in [0.05, 0.1) is 11.0 Å². The summed E-state index contributed by atoms with van der Waals surface area (Å²) in [6.45, 7) is 3.22. The second-order valence-corrected chi connectivity index (χ2v) is 5.66. The van der Waals surface area contributed by atoms with Crippen molar-refractivity contribution in [3.05, 3.63) is 33.9 Å². The van der Waals surface area contributed by atoms with Crippen molar-refractivity contribution in [3.8, 4) is 5.75 Å². The fraction of sp³-hybridized carbons (Fsp3) is 0.533. The summed E-state index contributed by atoms with van der Waals surface area (Å²) in [5.74, 6) is 0.413. The van der Waals surface area contributed by atoms with Crippen molar-refractivity contribution >= 4 is 11.6 Å². The third kappa shape index (κ3) is 2.89. The average Bonchev–Trinajstić information content (AvgIpc) is 2.96. The van der Waals surface area contributed by atoms with Crippen LogP contribution in [-0.2, 0) is 16.1 Å². The Balaban J connectivity index is 1.86. The zero-order valence-corrected chi connectivity index (χ0v) is 12.4. The van der Waals surface area contributed by atoms with Gasteiger partial charge in [0.15, 0.2) is 6.10 Å². The van der Waals surface area contributed by atoms with E-state index in [4.69, 9.17) is 9.47 Å². The lowest BCUT2D eigenvalue weighted by molar-refractivity contribution is -0.384. The summed E-state index contributed by atoms with van der Waals surface area (Å²) in [7, 11) is 0. The molecule has 118 valence electrons. The van der Waals surface area contributed by atoms with Crippen molar-refractivity contribution in [2.45, 2.75) is 38.5 Å². The van der Waals surface area contributed by atoms with Gasteiger partial charge >= 0.3 is 0 Å². The van der Waals surface area contributed by atoms with Gasteiger partial charge in [0, 0.05) is 37.4 Å². The standard InChI is InChI=1S/C15H18N2O5/c1-10-15(18)16(9-13-3-2-6-21-13)8-11-7-12(17(19)20)4-5-14(11)22-10/h4-5,7,10,13H,2-3,6,8-9H2,1H3. The van der Waals surface area contributed by atoms with Crippen LogP contribution < -0.4 is 4.74 Å². The molecule has 2 atom stereocenters. The molecular formula is C15H18N2O5. The van der Waals surface area contributed by atoms with Gasteiger partial charge in [-0.25, -0.2) is 0 Å². The van der Waals surface area contributed by atoms with Gasteiger partial charge in [-0.15, -0.1) is 0 Å². The van der Waals surface area contributed by atoms with Crippen molar-refractivity contribution in [1.82, 2.24) is 4.90 Å². The summed E-state index contributed by atoms with van der Waals surface area (Å²) < 4.78 is 11.2. The molecule has 1 saturated heterocycles. The number of benzene rings is 1. The molecule has 0 N–H and O–H groups in total. The van der Waals surface area contributed by atoms with E-state index in [0.717, 1.165) is 19.4 Å².